The second kappa shape index (κ2) is 25.0. The number of likely N-dealkylation sites (N-methyl/N-ethyl adjacent to an activating group) is 1. The molecular weight excluding hydrogens is 494 g/mol. The van der Waals surface area contributed by atoms with Crippen LogP contribution in [0, 0.1) is 0 Å². The number of quaternary nitrogens is 1. The fourth-order valence-electron chi connectivity index (χ4n) is 4.14. The number of esters is 1. The number of carboxylic acid groups (broad SMARTS) is 1. The van der Waals surface area contributed by atoms with E-state index in [0.717, 1.165) is 38.5 Å². The molecule has 7 heteroatoms. The predicted octanol–water partition coefficient (Wildman–Crippen LogP) is 5.27. The van der Waals surface area contributed by atoms with Crippen LogP contribution in [0.3, 0.4) is 0 Å². The maximum absolute atomic E-state index is 11.9. The van der Waals surface area contributed by atoms with E-state index in [0.29, 0.717) is 6.42 Å². The SMILES string of the molecule is CC/C=C/C/C=C/C/C=C/CCCCCCCCCCCC(=O)OCC(O)COCCC(C(=O)[O-])[N+](C)(C)C. The minimum absolute atomic E-state index is 0.00405. The van der Waals surface area contributed by atoms with E-state index >= 15 is 0 Å². The van der Waals surface area contributed by atoms with Gasteiger partial charge >= 0.3 is 5.97 Å². The van der Waals surface area contributed by atoms with Gasteiger partial charge in [-0.15, -0.1) is 0 Å². The standard InChI is InChI=1S/C32H57NO6/c1-5-6-7-8-9-10-11-12-13-14-15-16-17-18-19-20-21-22-23-24-31(35)39-28-29(34)27-38-26-25-30(32(36)37)33(2,3)4/h6-7,9-10,12-13,29-30,34H,5,8,11,14-28H2,1-4H3/b7-6+,10-9+,13-12+. The average molecular weight is 552 g/mol. The molecule has 226 valence electrons. The molecule has 0 aromatic rings. The number of aliphatic carboxylic acids is 1. The topological polar surface area (TPSA) is 95.9 Å². The first kappa shape index (κ1) is 37.0. The van der Waals surface area contributed by atoms with Gasteiger partial charge in [0.25, 0.3) is 0 Å². The van der Waals surface area contributed by atoms with Crippen LogP contribution in [0.4, 0.5) is 0 Å². The Kier molecular flexibility index (Phi) is 23.8. The zero-order valence-corrected chi connectivity index (χ0v) is 25.3. The fraction of sp³-hybridized carbons (Fsp3) is 0.750. The molecule has 0 aromatic heterocycles. The zero-order chi connectivity index (χ0) is 29.2. The highest BCUT2D eigenvalue weighted by Crippen LogP contribution is 2.12. The minimum Gasteiger partial charge on any atom is -0.544 e. The number of carbonyl (C=O) groups excluding carboxylic acids is 2. The summed E-state index contributed by atoms with van der Waals surface area (Å²) in [4.78, 5) is 23.1. The first-order valence-electron chi connectivity index (χ1n) is 15.1. The molecule has 0 aliphatic carbocycles. The Labute approximate surface area is 238 Å². The number of ether oxygens (including phenoxy) is 2. The molecule has 0 amide bonds. The summed E-state index contributed by atoms with van der Waals surface area (Å²) in [5.41, 5.74) is 0. The Morgan fingerprint density at radius 1 is 0.795 bits per heavy atom. The van der Waals surface area contributed by atoms with E-state index in [9.17, 15) is 19.8 Å². The minimum atomic E-state index is -1.12. The molecule has 2 atom stereocenters. The third kappa shape index (κ3) is 24.8. The lowest BCUT2D eigenvalue weighted by Gasteiger charge is -2.34. The lowest BCUT2D eigenvalue weighted by molar-refractivity contribution is -0.889. The van der Waals surface area contributed by atoms with E-state index in [4.69, 9.17) is 9.47 Å². The van der Waals surface area contributed by atoms with Gasteiger partial charge in [0.1, 0.15) is 18.8 Å². The van der Waals surface area contributed by atoms with Gasteiger partial charge in [-0.05, 0) is 38.5 Å². The summed E-state index contributed by atoms with van der Waals surface area (Å²) in [7, 11) is 5.35. The van der Waals surface area contributed by atoms with Gasteiger partial charge in [0, 0.05) is 12.8 Å². The first-order chi connectivity index (χ1) is 18.7. The van der Waals surface area contributed by atoms with Crippen molar-refractivity contribution in [1.29, 1.82) is 0 Å². The second-order valence-corrected chi connectivity index (χ2v) is 11.2. The van der Waals surface area contributed by atoms with Crippen LogP contribution < -0.4 is 5.11 Å². The number of nitrogens with zero attached hydrogens (tertiary/aromatic N) is 1. The van der Waals surface area contributed by atoms with Gasteiger partial charge in [0.2, 0.25) is 0 Å². The van der Waals surface area contributed by atoms with E-state index < -0.39 is 18.1 Å². The maximum atomic E-state index is 11.9. The molecule has 0 bridgehead atoms. The molecule has 0 aromatic carbocycles. The van der Waals surface area contributed by atoms with Crippen molar-refractivity contribution >= 4 is 11.9 Å². The Morgan fingerprint density at radius 3 is 1.90 bits per heavy atom. The molecule has 0 heterocycles. The van der Waals surface area contributed by atoms with E-state index in [1.165, 1.54) is 44.9 Å². The largest absolute Gasteiger partial charge is 0.544 e. The predicted molar refractivity (Wildman–Crippen MR) is 157 cm³/mol. The van der Waals surface area contributed by atoms with Crippen LogP contribution in [0.2, 0.25) is 0 Å². The number of carboxylic acids is 1. The first-order valence-corrected chi connectivity index (χ1v) is 15.1. The monoisotopic (exact) mass is 551 g/mol. The molecule has 0 aliphatic heterocycles. The van der Waals surface area contributed by atoms with Gasteiger partial charge in [-0.1, -0.05) is 88.3 Å². The van der Waals surface area contributed by atoms with Crippen LogP contribution in [-0.2, 0) is 19.1 Å². The van der Waals surface area contributed by atoms with Gasteiger partial charge in [-0.3, -0.25) is 4.79 Å². The second-order valence-electron chi connectivity index (χ2n) is 11.2. The average Bonchev–Trinajstić information content (AvgIpc) is 2.87. The smallest absolute Gasteiger partial charge is 0.305 e. The van der Waals surface area contributed by atoms with Gasteiger partial charge in [0.05, 0.1) is 40.3 Å². The molecule has 0 rings (SSSR count). The van der Waals surface area contributed by atoms with Crippen LogP contribution in [0.5, 0.6) is 0 Å². The quantitative estimate of drug-likeness (QED) is 0.0681. The van der Waals surface area contributed by atoms with E-state index in [-0.39, 0.29) is 36.7 Å². The zero-order valence-electron chi connectivity index (χ0n) is 25.3. The normalized spacial score (nSPS) is 14.0. The third-order valence-corrected chi connectivity index (χ3v) is 6.52. The van der Waals surface area contributed by atoms with Crippen LogP contribution in [0.25, 0.3) is 0 Å². The Bertz CT molecular complexity index is 695. The summed E-state index contributed by atoms with van der Waals surface area (Å²) in [5, 5.41) is 21.2. The molecule has 39 heavy (non-hydrogen) atoms. The van der Waals surface area contributed by atoms with E-state index in [1.807, 2.05) is 0 Å². The highest BCUT2D eigenvalue weighted by Gasteiger charge is 2.24. The van der Waals surface area contributed by atoms with Gasteiger partial charge in [0.15, 0.2) is 0 Å². The van der Waals surface area contributed by atoms with E-state index in [2.05, 4.69) is 43.4 Å². The van der Waals surface area contributed by atoms with Crippen molar-refractivity contribution in [2.45, 2.75) is 115 Å². The van der Waals surface area contributed by atoms with Crippen molar-refractivity contribution in [3.8, 4) is 0 Å². The van der Waals surface area contributed by atoms with Crippen molar-refractivity contribution in [2.24, 2.45) is 0 Å². The molecule has 0 saturated heterocycles. The van der Waals surface area contributed by atoms with Crippen molar-refractivity contribution in [1.82, 2.24) is 0 Å². The number of unbranched alkanes of at least 4 members (excludes halogenated alkanes) is 9. The Hall–Kier alpha value is -1.96. The maximum Gasteiger partial charge on any atom is 0.305 e. The number of aliphatic hydroxyl groups excluding tert-OH is 1. The summed E-state index contributed by atoms with van der Waals surface area (Å²) in [5.74, 6) is -1.42. The van der Waals surface area contributed by atoms with Gasteiger partial charge in [-0.25, -0.2) is 0 Å². The molecule has 0 spiro atoms. The highest BCUT2D eigenvalue weighted by molar-refractivity contribution is 5.69. The fourth-order valence-corrected chi connectivity index (χ4v) is 4.14. The molecule has 0 fully saturated rings. The van der Waals surface area contributed by atoms with Crippen molar-refractivity contribution in [2.75, 3.05) is 41.0 Å². The van der Waals surface area contributed by atoms with Crippen LogP contribution in [0.1, 0.15) is 103 Å². The summed E-state index contributed by atoms with van der Waals surface area (Å²) in [6.45, 7) is 2.23. The number of hydrogen-bond acceptors (Lipinski definition) is 6. The highest BCUT2D eigenvalue weighted by atomic mass is 16.5. The van der Waals surface area contributed by atoms with Crippen molar-refractivity contribution in [3.05, 3.63) is 36.5 Å². The van der Waals surface area contributed by atoms with Crippen molar-refractivity contribution in [3.63, 3.8) is 0 Å². The molecule has 1 N–H and O–H groups in total. The summed E-state index contributed by atoms with van der Waals surface area (Å²) in [6, 6.07) is -0.686. The Morgan fingerprint density at radius 2 is 1.33 bits per heavy atom. The van der Waals surface area contributed by atoms with E-state index in [1.54, 1.807) is 21.1 Å². The number of hydrogen-bond donors (Lipinski definition) is 1. The van der Waals surface area contributed by atoms with Gasteiger partial charge < -0.3 is 29.0 Å². The van der Waals surface area contributed by atoms with Crippen LogP contribution >= 0.6 is 0 Å². The molecule has 0 saturated carbocycles. The summed E-state index contributed by atoms with van der Waals surface area (Å²) < 4.78 is 10.7. The van der Waals surface area contributed by atoms with Crippen LogP contribution in [0.15, 0.2) is 36.5 Å². The van der Waals surface area contributed by atoms with Gasteiger partial charge in [-0.2, -0.15) is 0 Å². The molecule has 0 radical (unpaired) electrons. The summed E-state index contributed by atoms with van der Waals surface area (Å²) >= 11 is 0. The number of allylic oxidation sites excluding steroid dienone is 6. The number of aliphatic hydroxyl groups is 1. The Balaban J connectivity index is 3.53. The third-order valence-electron chi connectivity index (χ3n) is 6.52. The molecule has 7 nitrogen and oxygen atoms in total. The molecule has 0 aliphatic rings. The van der Waals surface area contributed by atoms with Crippen LogP contribution in [-0.4, -0.2) is 74.6 Å². The molecular formula is C32H57NO6. The number of rotatable bonds is 26. The number of carbonyl (C=O) groups is 2. The molecule has 2 unspecified atom stereocenters. The lowest BCUT2D eigenvalue weighted by atomic mass is 10.1. The lowest BCUT2D eigenvalue weighted by Crippen LogP contribution is -2.55. The summed E-state index contributed by atoms with van der Waals surface area (Å²) in [6.07, 6.45) is 28.0. The van der Waals surface area contributed by atoms with Crippen molar-refractivity contribution < 1.29 is 33.8 Å².